The Bertz CT molecular complexity index is 1750. The molecule has 4 aromatic rings. The highest BCUT2D eigenvalue weighted by molar-refractivity contribution is 6.34. The van der Waals surface area contributed by atoms with Gasteiger partial charge in [-0.25, -0.2) is 0 Å². The van der Waals surface area contributed by atoms with Gasteiger partial charge in [-0.3, -0.25) is 14.4 Å². The van der Waals surface area contributed by atoms with Crippen molar-refractivity contribution in [3.05, 3.63) is 135 Å². The minimum atomic E-state index is -1.39. The zero-order chi connectivity index (χ0) is 27.6. The van der Waals surface area contributed by atoms with Gasteiger partial charge in [0.1, 0.15) is 11.5 Å². The van der Waals surface area contributed by atoms with Gasteiger partial charge in [0.2, 0.25) is 5.91 Å². The molecule has 7 rings (SSSR count). The Kier molecular flexibility index (Phi) is 5.70. The number of rotatable bonds is 4. The van der Waals surface area contributed by atoms with Crippen molar-refractivity contribution < 1.29 is 14.4 Å². The predicted octanol–water partition coefficient (Wildman–Crippen LogP) is 6.85. The number of benzene rings is 4. The molecule has 1 N–H and O–H groups in total. The first-order valence-electron chi connectivity index (χ1n) is 13.0. The quantitative estimate of drug-likeness (QED) is 0.275. The number of carbonyl (C=O) groups excluding carboxylic acids is 3. The van der Waals surface area contributed by atoms with Gasteiger partial charge in [0.15, 0.2) is 11.6 Å². The average molecular weight is 565 g/mol. The Morgan fingerprint density at radius 1 is 0.825 bits per heavy atom. The first-order valence-corrected chi connectivity index (χ1v) is 13.7. The first-order chi connectivity index (χ1) is 19.4. The van der Waals surface area contributed by atoms with Crippen LogP contribution < -0.4 is 10.2 Å². The van der Waals surface area contributed by atoms with Crippen LogP contribution in [0, 0.1) is 5.92 Å². The Hall–Kier alpha value is -4.19. The molecule has 0 aromatic heterocycles. The highest BCUT2D eigenvalue weighted by atomic mass is 35.5. The second-order valence-electron chi connectivity index (χ2n) is 10.3. The van der Waals surface area contributed by atoms with Crippen molar-refractivity contribution >= 4 is 58.1 Å². The molecule has 1 spiro atoms. The summed E-state index contributed by atoms with van der Waals surface area (Å²) in [5, 5.41) is 3.85. The third kappa shape index (κ3) is 3.38. The molecule has 196 valence electrons. The number of hydrogen-bond donors (Lipinski definition) is 1. The van der Waals surface area contributed by atoms with E-state index in [0.29, 0.717) is 21.8 Å². The number of carbonyl (C=O) groups is 3. The van der Waals surface area contributed by atoms with Gasteiger partial charge in [-0.2, -0.15) is 0 Å². The first kappa shape index (κ1) is 24.8. The van der Waals surface area contributed by atoms with Gasteiger partial charge in [0, 0.05) is 27.5 Å². The van der Waals surface area contributed by atoms with Gasteiger partial charge >= 0.3 is 0 Å². The van der Waals surface area contributed by atoms with Crippen LogP contribution in [0.3, 0.4) is 0 Å². The molecule has 0 radical (unpaired) electrons. The molecule has 3 aliphatic rings. The largest absolute Gasteiger partial charge is 0.352 e. The van der Waals surface area contributed by atoms with Crippen LogP contribution in [0.2, 0.25) is 10.0 Å². The van der Waals surface area contributed by atoms with E-state index in [9.17, 15) is 14.4 Å². The van der Waals surface area contributed by atoms with Crippen LogP contribution in [-0.4, -0.2) is 29.6 Å². The summed E-state index contributed by atoms with van der Waals surface area (Å²) in [6.07, 6.45) is 3.84. The number of Topliss-reactive ketones (excluding diaryl/α,β-unsaturated/α-hetero) is 2. The standard InChI is InChI=1S/C33H22Cl2N2O3/c34-21-15-16-26-20(18-21)14-17-27-33(23-11-5-7-13-25(23)36-32(33)40)28(31(39)22-10-4-6-12-24(22)35)29(37(26)27)30(38)19-8-2-1-3-9-19/h1-18,27-29H,(H,36,40)/t27-,28-,29+,33+/m1/s1. The molecule has 0 unspecified atom stereocenters. The third-order valence-electron chi connectivity index (χ3n) is 8.34. The summed E-state index contributed by atoms with van der Waals surface area (Å²) < 4.78 is 0. The lowest BCUT2D eigenvalue weighted by Gasteiger charge is -2.37. The molecule has 1 fully saturated rings. The zero-order valence-electron chi connectivity index (χ0n) is 21.1. The Morgan fingerprint density at radius 2 is 1.55 bits per heavy atom. The van der Waals surface area contributed by atoms with E-state index in [1.54, 1.807) is 54.6 Å². The molecule has 5 nitrogen and oxygen atoms in total. The van der Waals surface area contributed by atoms with Gasteiger partial charge in [0.05, 0.1) is 17.0 Å². The number of halogens is 2. The number of ketones is 2. The maximum Gasteiger partial charge on any atom is 0.238 e. The Labute approximate surface area is 241 Å². The molecule has 4 aromatic carbocycles. The van der Waals surface area contributed by atoms with Crippen LogP contribution in [0.15, 0.2) is 103 Å². The molecule has 1 amide bonds. The molecule has 0 saturated carbocycles. The molecular weight excluding hydrogens is 543 g/mol. The van der Waals surface area contributed by atoms with Crippen molar-refractivity contribution in [2.45, 2.75) is 17.5 Å². The molecule has 3 aliphatic heterocycles. The summed E-state index contributed by atoms with van der Waals surface area (Å²) >= 11 is 12.9. The van der Waals surface area contributed by atoms with Crippen molar-refractivity contribution in [1.82, 2.24) is 0 Å². The van der Waals surface area contributed by atoms with Gasteiger partial charge in [-0.1, -0.05) is 96.0 Å². The van der Waals surface area contributed by atoms with E-state index in [2.05, 4.69) is 5.32 Å². The van der Waals surface area contributed by atoms with Crippen molar-refractivity contribution in [3.8, 4) is 0 Å². The fraction of sp³-hybridized carbons (Fsp3) is 0.121. The van der Waals surface area contributed by atoms with Gasteiger partial charge in [-0.15, -0.1) is 0 Å². The fourth-order valence-corrected chi connectivity index (χ4v) is 7.16. The Morgan fingerprint density at radius 3 is 2.35 bits per heavy atom. The molecule has 40 heavy (non-hydrogen) atoms. The lowest BCUT2D eigenvalue weighted by atomic mass is 9.64. The number of nitrogens with zero attached hydrogens (tertiary/aromatic N) is 1. The minimum Gasteiger partial charge on any atom is -0.352 e. The monoisotopic (exact) mass is 564 g/mol. The van der Waals surface area contributed by atoms with Gasteiger partial charge in [0.25, 0.3) is 0 Å². The molecule has 4 atom stereocenters. The zero-order valence-corrected chi connectivity index (χ0v) is 22.6. The Balaban J connectivity index is 1.56. The number of nitrogens with one attached hydrogen (secondary N) is 1. The second-order valence-corrected chi connectivity index (χ2v) is 11.1. The molecule has 0 bridgehead atoms. The van der Waals surface area contributed by atoms with E-state index in [0.717, 1.165) is 11.3 Å². The number of fused-ring (bicyclic) bond motifs is 6. The van der Waals surface area contributed by atoms with E-state index < -0.39 is 23.4 Å². The number of hydrogen-bond acceptors (Lipinski definition) is 4. The lowest BCUT2D eigenvalue weighted by molar-refractivity contribution is -0.121. The minimum absolute atomic E-state index is 0.249. The van der Waals surface area contributed by atoms with Crippen LogP contribution >= 0.6 is 23.2 Å². The number of amides is 1. The van der Waals surface area contributed by atoms with Crippen molar-refractivity contribution in [3.63, 3.8) is 0 Å². The van der Waals surface area contributed by atoms with E-state index in [1.807, 2.05) is 59.5 Å². The van der Waals surface area contributed by atoms with E-state index in [4.69, 9.17) is 23.2 Å². The molecule has 1 saturated heterocycles. The van der Waals surface area contributed by atoms with E-state index in [-0.39, 0.29) is 28.1 Å². The summed E-state index contributed by atoms with van der Waals surface area (Å²) in [5.41, 5.74) is 2.20. The molecule has 0 aliphatic carbocycles. The smallest absolute Gasteiger partial charge is 0.238 e. The maximum atomic E-state index is 14.8. The number of para-hydroxylation sites is 1. The molecule has 3 heterocycles. The third-order valence-corrected chi connectivity index (χ3v) is 8.91. The normalized spacial score (nSPS) is 23.9. The van der Waals surface area contributed by atoms with Crippen LogP contribution in [0.1, 0.15) is 31.8 Å². The highest BCUT2D eigenvalue weighted by Crippen LogP contribution is 2.58. The van der Waals surface area contributed by atoms with Crippen LogP contribution in [0.4, 0.5) is 11.4 Å². The van der Waals surface area contributed by atoms with E-state index in [1.165, 1.54) is 0 Å². The van der Waals surface area contributed by atoms with Gasteiger partial charge < -0.3 is 10.2 Å². The lowest BCUT2D eigenvalue weighted by Crippen LogP contribution is -2.51. The van der Waals surface area contributed by atoms with Gasteiger partial charge in [-0.05, 0) is 47.5 Å². The molecule has 7 heteroatoms. The topological polar surface area (TPSA) is 66.5 Å². The van der Waals surface area contributed by atoms with Crippen LogP contribution in [-0.2, 0) is 10.2 Å². The summed E-state index contributed by atoms with van der Waals surface area (Å²) in [6, 6.07) is 26.9. The highest BCUT2D eigenvalue weighted by Gasteiger charge is 2.70. The SMILES string of the molecule is O=C(c1ccccc1)[C@@H]1[C@H](C(=O)c2ccccc2Cl)[C@@]2(C(=O)Nc3ccccc32)[C@H]2C=Cc3cc(Cl)ccc3N12. The van der Waals surface area contributed by atoms with Crippen LogP contribution in [0.5, 0.6) is 0 Å². The second kappa shape index (κ2) is 9.19. The summed E-state index contributed by atoms with van der Waals surface area (Å²) in [7, 11) is 0. The predicted molar refractivity (Wildman–Crippen MR) is 157 cm³/mol. The van der Waals surface area contributed by atoms with Crippen molar-refractivity contribution in [1.29, 1.82) is 0 Å². The maximum absolute atomic E-state index is 14.8. The number of anilines is 2. The van der Waals surface area contributed by atoms with Crippen molar-refractivity contribution in [2.24, 2.45) is 5.92 Å². The summed E-state index contributed by atoms with van der Waals surface area (Å²) in [4.78, 5) is 45.6. The average Bonchev–Trinajstić information content (AvgIpc) is 3.45. The fourth-order valence-electron chi connectivity index (χ4n) is 6.75. The summed E-state index contributed by atoms with van der Waals surface area (Å²) in [6.45, 7) is 0. The van der Waals surface area contributed by atoms with Crippen molar-refractivity contribution in [2.75, 3.05) is 10.2 Å². The van der Waals surface area contributed by atoms with Crippen LogP contribution in [0.25, 0.3) is 6.08 Å². The molecular formula is C33H22Cl2N2O3. The summed E-state index contributed by atoms with van der Waals surface area (Å²) in [5.74, 6) is -2.01. The van der Waals surface area contributed by atoms with E-state index >= 15 is 0 Å².